The van der Waals surface area contributed by atoms with Crippen molar-refractivity contribution in [3.8, 4) is 0 Å². The average molecular weight is 397 g/mol. The lowest BCUT2D eigenvalue weighted by molar-refractivity contribution is -0.137. The molecule has 3 rings (SSSR count). The molecule has 6 nitrogen and oxygen atoms in total. The van der Waals surface area contributed by atoms with Crippen LogP contribution in [0.1, 0.15) is 21.7 Å². The number of pyridine rings is 1. The fraction of sp³-hybridized carbons (Fsp3) is 0.118. The van der Waals surface area contributed by atoms with Crippen LogP contribution in [-0.4, -0.2) is 16.0 Å². The van der Waals surface area contributed by atoms with Gasteiger partial charge in [0.15, 0.2) is 5.82 Å². The van der Waals surface area contributed by atoms with Gasteiger partial charge in [0, 0.05) is 23.5 Å². The fourth-order valence-electron chi connectivity index (χ4n) is 2.22. The molecule has 0 aliphatic carbocycles. The van der Waals surface area contributed by atoms with E-state index >= 15 is 0 Å². The molecule has 0 aliphatic rings. The van der Waals surface area contributed by atoms with E-state index in [1.165, 1.54) is 24.4 Å². The highest BCUT2D eigenvalue weighted by Gasteiger charge is 2.33. The SMILES string of the molecule is Cc1cc(NC(=O)c2ccnc(Nc3ccc(Cl)c(C(F)(F)F)c3)c2)no1. The minimum atomic E-state index is -4.58. The Kier molecular flexibility index (Phi) is 5.04. The molecule has 0 radical (unpaired) electrons. The first-order valence-corrected chi connectivity index (χ1v) is 7.94. The predicted octanol–water partition coefficient (Wildman–Crippen LogP) is 5.05. The largest absolute Gasteiger partial charge is 0.417 e. The van der Waals surface area contributed by atoms with E-state index in [9.17, 15) is 18.0 Å². The molecular formula is C17H12ClF3N4O2. The molecule has 1 aromatic carbocycles. The molecule has 0 aliphatic heterocycles. The number of aryl methyl sites for hydroxylation is 1. The zero-order chi connectivity index (χ0) is 19.6. The van der Waals surface area contributed by atoms with Gasteiger partial charge in [-0.25, -0.2) is 4.98 Å². The monoisotopic (exact) mass is 396 g/mol. The summed E-state index contributed by atoms with van der Waals surface area (Å²) in [6, 6.07) is 7.78. The number of anilines is 3. The van der Waals surface area contributed by atoms with Crippen molar-refractivity contribution < 1.29 is 22.5 Å². The standard InChI is InChI=1S/C17H12ClF3N4O2/c1-9-6-15(25-27-9)24-16(26)10-4-5-22-14(7-10)23-11-2-3-13(18)12(8-11)17(19,20)21/h2-8H,1H3,(H,22,23)(H,24,25,26). The number of carbonyl (C=O) groups excluding carboxylic acids is 1. The molecule has 0 saturated heterocycles. The van der Waals surface area contributed by atoms with E-state index < -0.39 is 22.7 Å². The Labute approximate surface area is 156 Å². The molecule has 140 valence electrons. The van der Waals surface area contributed by atoms with Gasteiger partial charge < -0.3 is 15.2 Å². The van der Waals surface area contributed by atoms with Crippen molar-refractivity contribution in [2.75, 3.05) is 10.6 Å². The number of halogens is 4. The summed E-state index contributed by atoms with van der Waals surface area (Å²) in [5.74, 6) is 0.497. The average Bonchev–Trinajstić information content (AvgIpc) is 3.01. The lowest BCUT2D eigenvalue weighted by Gasteiger charge is -2.12. The molecule has 10 heteroatoms. The third-order valence-corrected chi connectivity index (χ3v) is 3.77. The molecule has 0 fully saturated rings. The minimum absolute atomic E-state index is 0.129. The van der Waals surface area contributed by atoms with Crippen LogP contribution in [0.25, 0.3) is 0 Å². The number of amides is 1. The number of nitrogens with zero attached hydrogens (tertiary/aromatic N) is 2. The Morgan fingerprint density at radius 1 is 1.15 bits per heavy atom. The third kappa shape index (κ3) is 4.56. The van der Waals surface area contributed by atoms with E-state index in [4.69, 9.17) is 16.1 Å². The molecule has 1 amide bonds. The van der Waals surface area contributed by atoms with Gasteiger partial charge in [0.1, 0.15) is 11.6 Å². The van der Waals surface area contributed by atoms with Crippen molar-refractivity contribution in [3.63, 3.8) is 0 Å². The van der Waals surface area contributed by atoms with E-state index in [0.717, 1.165) is 12.1 Å². The number of rotatable bonds is 4. The second kappa shape index (κ2) is 7.28. The molecule has 0 spiro atoms. The maximum Gasteiger partial charge on any atom is 0.417 e. The Bertz CT molecular complexity index is 988. The smallest absolute Gasteiger partial charge is 0.360 e. The van der Waals surface area contributed by atoms with E-state index in [2.05, 4.69) is 20.8 Å². The van der Waals surface area contributed by atoms with Crippen molar-refractivity contribution in [1.82, 2.24) is 10.1 Å². The quantitative estimate of drug-likeness (QED) is 0.645. The number of hydrogen-bond acceptors (Lipinski definition) is 5. The zero-order valence-electron chi connectivity index (χ0n) is 13.8. The van der Waals surface area contributed by atoms with Crippen LogP contribution in [0.15, 0.2) is 47.1 Å². The van der Waals surface area contributed by atoms with E-state index in [1.807, 2.05) is 0 Å². The van der Waals surface area contributed by atoms with Gasteiger partial charge in [-0.05, 0) is 37.3 Å². The van der Waals surface area contributed by atoms with Crippen LogP contribution in [0.3, 0.4) is 0 Å². The second-order valence-corrected chi connectivity index (χ2v) is 5.93. The predicted molar refractivity (Wildman–Crippen MR) is 93.2 cm³/mol. The number of aromatic nitrogens is 2. The maximum absolute atomic E-state index is 13.0. The van der Waals surface area contributed by atoms with Crippen molar-refractivity contribution in [3.05, 3.63) is 64.5 Å². The highest BCUT2D eigenvalue weighted by Crippen LogP contribution is 2.36. The minimum Gasteiger partial charge on any atom is -0.360 e. The van der Waals surface area contributed by atoms with Crippen molar-refractivity contribution in [2.24, 2.45) is 0 Å². The van der Waals surface area contributed by atoms with E-state index in [0.29, 0.717) is 5.76 Å². The first-order valence-electron chi connectivity index (χ1n) is 7.57. The molecule has 0 atom stereocenters. The number of carbonyl (C=O) groups is 1. The molecule has 0 unspecified atom stereocenters. The summed E-state index contributed by atoms with van der Waals surface area (Å²) in [4.78, 5) is 16.2. The number of nitrogens with one attached hydrogen (secondary N) is 2. The summed E-state index contributed by atoms with van der Waals surface area (Å²) in [5, 5.41) is 8.51. The highest BCUT2D eigenvalue weighted by atomic mass is 35.5. The molecule has 0 bridgehead atoms. The number of benzene rings is 1. The lowest BCUT2D eigenvalue weighted by Crippen LogP contribution is -2.12. The van der Waals surface area contributed by atoms with Crippen LogP contribution in [-0.2, 0) is 6.18 Å². The number of hydrogen-bond donors (Lipinski definition) is 2. The molecular weight excluding hydrogens is 385 g/mol. The topological polar surface area (TPSA) is 80.0 Å². The summed E-state index contributed by atoms with van der Waals surface area (Å²) >= 11 is 5.60. The van der Waals surface area contributed by atoms with Crippen LogP contribution < -0.4 is 10.6 Å². The summed E-state index contributed by atoms with van der Waals surface area (Å²) in [6.07, 6.45) is -3.23. The highest BCUT2D eigenvalue weighted by molar-refractivity contribution is 6.31. The molecule has 2 heterocycles. The van der Waals surface area contributed by atoms with Crippen LogP contribution in [0.5, 0.6) is 0 Å². The first-order chi connectivity index (χ1) is 12.7. The van der Waals surface area contributed by atoms with Gasteiger partial charge in [-0.15, -0.1) is 0 Å². The van der Waals surface area contributed by atoms with Gasteiger partial charge in [0.2, 0.25) is 0 Å². The Morgan fingerprint density at radius 3 is 2.59 bits per heavy atom. The van der Waals surface area contributed by atoms with Gasteiger partial charge >= 0.3 is 6.18 Å². The van der Waals surface area contributed by atoms with Gasteiger partial charge in [-0.1, -0.05) is 16.8 Å². The Hall–Kier alpha value is -3.07. The summed E-state index contributed by atoms with van der Waals surface area (Å²) in [5.41, 5.74) is -0.605. The van der Waals surface area contributed by atoms with Gasteiger partial charge in [-0.3, -0.25) is 4.79 Å². The summed E-state index contributed by atoms with van der Waals surface area (Å²) in [7, 11) is 0. The molecule has 2 N–H and O–H groups in total. The van der Waals surface area contributed by atoms with E-state index in [1.54, 1.807) is 13.0 Å². The Balaban J connectivity index is 1.79. The Morgan fingerprint density at radius 2 is 1.93 bits per heavy atom. The van der Waals surface area contributed by atoms with Gasteiger partial charge in [-0.2, -0.15) is 13.2 Å². The van der Waals surface area contributed by atoms with Crippen LogP contribution >= 0.6 is 11.6 Å². The molecule has 3 aromatic rings. The number of alkyl halides is 3. The van der Waals surface area contributed by atoms with Crippen molar-refractivity contribution >= 4 is 34.8 Å². The molecule has 2 aromatic heterocycles. The van der Waals surface area contributed by atoms with Gasteiger partial charge in [0.05, 0.1) is 10.6 Å². The fourth-order valence-corrected chi connectivity index (χ4v) is 2.45. The van der Waals surface area contributed by atoms with Gasteiger partial charge in [0.25, 0.3) is 5.91 Å². The van der Waals surface area contributed by atoms with E-state index in [-0.39, 0.29) is 22.9 Å². The van der Waals surface area contributed by atoms with Crippen LogP contribution in [0, 0.1) is 6.92 Å². The van der Waals surface area contributed by atoms with Crippen LogP contribution in [0.4, 0.5) is 30.5 Å². The van der Waals surface area contributed by atoms with Crippen molar-refractivity contribution in [1.29, 1.82) is 0 Å². The van der Waals surface area contributed by atoms with Crippen molar-refractivity contribution in [2.45, 2.75) is 13.1 Å². The molecule has 0 saturated carbocycles. The van der Waals surface area contributed by atoms with Crippen LogP contribution in [0.2, 0.25) is 5.02 Å². The second-order valence-electron chi connectivity index (χ2n) is 5.52. The molecule has 27 heavy (non-hydrogen) atoms. The lowest BCUT2D eigenvalue weighted by atomic mass is 10.2. The maximum atomic E-state index is 13.0. The third-order valence-electron chi connectivity index (χ3n) is 3.44. The summed E-state index contributed by atoms with van der Waals surface area (Å²) in [6.45, 7) is 1.68. The summed E-state index contributed by atoms with van der Waals surface area (Å²) < 4.78 is 43.7. The first kappa shape index (κ1) is 18.7. The normalized spacial score (nSPS) is 11.3. The zero-order valence-corrected chi connectivity index (χ0v) is 14.5.